The third kappa shape index (κ3) is 3.33. The molecule has 1 amide bonds. The fourth-order valence-electron chi connectivity index (χ4n) is 2.22. The van der Waals surface area contributed by atoms with Crippen molar-refractivity contribution in [3.8, 4) is 0 Å². The summed E-state index contributed by atoms with van der Waals surface area (Å²) in [6.45, 7) is 0.324. The molecule has 1 aliphatic rings. The van der Waals surface area contributed by atoms with Gasteiger partial charge in [0, 0.05) is 15.5 Å². The summed E-state index contributed by atoms with van der Waals surface area (Å²) in [5, 5.41) is 13.0. The van der Waals surface area contributed by atoms with Crippen molar-refractivity contribution in [3.05, 3.63) is 32.7 Å². The molecular weight excluding hydrogens is 362 g/mol. The van der Waals surface area contributed by atoms with Crippen LogP contribution in [-0.2, 0) is 0 Å². The Balaban J connectivity index is 2.01. The fourth-order valence-corrected chi connectivity index (χ4v) is 3.01. The number of amides is 1. The molecule has 2 N–H and O–H groups in total. The standard InChI is InChI=1S/C13H15Br2NO2/c14-9-3-4-11(15)10(7-9)12(17)16-8-13(18)5-1-2-6-13/h3-4,7,18H,1-2,5-6,8H2,(H,16,17). The minimum Gasteiger partial charge on any atom is -0.388 e. The smallest absolute Gasteiger partial charge is 0.252 e. The molecule has 0 atom stereocenters. The molecule has 1 saturated carbocycles. The summed E-state index contributed by atoms with van der Waals surface area (Å²) in [6, 6.07) is 5.45. The molecule has 98 valence electrons. The number of halogens is 2. The van der Waals surface area contributed by atoms with E-state index in [0.717, 1.165) is 34.6 Å². The summed E-state index contributed by atoms with van der Waals surface area (Å²) in [5.41, 5.74) is -0.139. The Morgan fingerprint density at radius 2 is 2.00 bits per heavy atom. The van der Waals surface area contributed by atoms with Crippen LogP contribution in [0.15, 0.2) is 27.1 Å². The molecule has 0 aromatic heterocycles. The highest BCUT2D eigenvalue weighted by molar-refractivity contribution is 9.11. The van der Waals surface area contributed by atoms with Crippen LogP contribution in [0.1, 0.15) is 36.0 Å². The van der Waals surface area contributed by atoms with Crippen molar-refractivity contribution in [1.82, 2.24) is 5.32 Å². The Hall–Kier alpha value is -0.390. The molecule has 0 radical (unpaired) electrons. The first-order chi connectivity index (χ1) is 8.50. The van der Waals surface area contributed by atoms with E-state index >= 15 is 0 Å². The molecule has 1 aliphatic carbocycles. The monoisotopic (exact) mass is 375 g/mol. The zero-order chi connectivity index (χ0) is 13.2. The van der Waals surface area contributed by atoms with Crippen molar-refractivity contribution in [1.29, 1.82) is 0 Å². The third-order valence-electron chi connectivity index (χ3n) is 3.29. The molecule has 5 heteroatoms. The SMILES string of the molecule is O=C(NCC1(O)CCCC1)c1cc(Br)ccc1Br. The summed E-state index contributed by atoms with van der Waals surface area (Å²) < 4.78 is 1.61. The molecule has 1 fully saturated rings. The normalized spacial score (nSPS) is 17.7. The number of carbonyl (C=O) groups excluding carboxylic acids is 1. The average molecular weight is 377 g/mol. The van der Waals surface area contributed by atoms with Crippen molar-refractivity contribution in [2.24, 2.45) is 0 Å². The van der Waals surface area contributed by atoms with Crippen LogP contribution in [0.4, 0.5) is 0 Å². The lowest BCUT2D eigenvalue weighted by Crippen LogP contribution is -2.40. The predicted molar refractivity (Wildman–Crippen MR) is 77.6 cm³/mol. The zero-order valence-corrected chi connectivity index (χ0v) is 13.1. The third-order valence-corrected chi connectivity index (χ3v) is 4.47. The minimum atomic E-state index is -0.714. The van der Waals surface area contributed by atoms with E-state index in [-0.39, 0.29) is 5.91 Å². The van der Waals surface area contributed by atoms with Crippen LogP contribution in [-0.4, -0.2) is 23.2 Å². The van der Waals surface area contributed by atoms with Gasteiger partial charge < -0.3 is 10.4 Å². The second-order valence-electron chi connectivity index (χ2n) is 4.74. The summed E-state index contributed by atoms with van der Waals surface area (Å²) >= 11 is 6.70. The van der Waals surface area contributed by atoms with Crippen molar-refractivity contribution in [3.63, 3.8) is 0 Å². The Morgan fingerprint density at radius 3 is 2.67 bits per heavy atom. The van der Waals surface area contributed by atoms with E-state index in [2.05, 4.69) is 37.2 Å². The molecular formula is C13H15Br2NO2. The molecule has 1 aromatic carbocycles. The van der Waals surface area contributed by atoms with Gasteiger partial charge in [0.25, 0.3) is 5.91 Å². The molecule has 0 heterocycles. The lowest BCUT2D eigenvalue weighted by Gasteiger charge is -2.22. The van der Waals surface area contributed by atoms with Crippen LogP contribution in [0, 0.1) is 0 Å². The van der Waals surface area contributed by atoms with Gasteiger partial charge in [-0.15, -0.1) is 0 Å². The Bertz CT molecular complexity index is 456. The first-order valence-electron chi connectivity index (χ1n) is 5.96. The van der Waals surface area contributed by atoms with Gasteiger partial charge in [-0.2, -0.15) is 0 Å². The van der Waals surface area contributed by atoms with Gasteiger partial charge in [0.15, 0.2) is 0 Å². The number of hydrogen-bond acceptors (Lipinski definition) is 2. The van der Waals surface area contributed by atoms with Crippen LogP contribution in [0.3, 0.4) is 0 Å². The maximum absolute atomic E-state index is 12.0. The summed E-state index contributed by atoms with van der Waals surface area (Å²) in [4.78, 5) is 12.0. The van der Waals surface area contributed by atoms with E-state index < -0.39 is 5.60 Å². The average Bonchev–Trinajstić information content (AvgIpc) is 2.77. The highest BCUT2D eigenvalue weighted by Gasteiger charge is 2.31. The van der Waals surface area contributed by atoms with Crippen molar-refractivity contribution < 1.29 is 9.90 Å². The predicted octanol–water partition coefficient (Wildman–Crippen LogP) is 3.25. The van der Waals surface area contributed by atoms with E-state index in [1.807, 2.05) is 12.1 Å². The molecule has 3 nitrogen and oxygen atoms in total. The number of carbonyl (C=O) groups is 1. The molecule has 2 rings (SSSR count). The number of aliphatic hydroxyl groups is 1. The van der Waals surface area contributed by atoms with Gasteiger partial charge in [-0.1, -0.05) is 28.8 Å². The largest absolute Gasteiger partial charge is 0.388 e. The molecule has 0 unspecified atom stereocenters. The number of benzene rings is 1. The maximum Gasteiger partial charge on any atom is 0.252 e. The summed E-state index contributed by atoms with van der Waals surface area (Å²) in [5.74, 6) is -0.163. The van der Waals surface area contributed by atoms with Gasteiger partial charge in [-0.05, 0) is 47.0 Å². The van der Waals surface area contributed by atoms with E-state index in [1.165, 1.54) is 0 Å². The van der Waals surface area contributed by atoms with Gasteiger partial charge in [0.2, 0.25) is 0 Å². The summed E-state index contributed by atoms with van der Waals surface area (Å²) in [6.07, 6.45) is 3.61. The lowest BCUT2D eigenvalue weighted by molar-refractivity contribution is 0.0449. The van der Waals surface area contributed by atoms with Crippen LogP contribution in [0.5, 0.6) is 0 Å². The zero-order valence-electron chi connectivity index (χ0n) is 9.88. The van der Waals surface area contributed by atoms with E-state index in [4.69, 9.17) is 0 Å². The van der Waals surface area contributed by atoms with Crippen LogP contribution >= 0.6 is 31.9 Å². The molecule has 0 spiro atoms. The quantitative estimate of drug-likeness (QED) is 0.850. The van der Waals surface area contributed by atoms with Crippen LogP contribution < -0.4 is 5.32 Å². The van der Waals surface area contributed by atoms with Crippen molar-refractivity contribution >= 4 is 37.8 Å². The van der Waals surface area contributed by atoms with E-state index in [1.54, 1.807) is 6.07 Å². The second-order valence-corrected chi connectivity index (χ2v) is 6.51. The van der Waals surface area contributed by atoms with Gasteiger partial charge in [0.1, 0.15) is 0 Å². The molecule has 0 aliphatic heterocycles. The van der Waals surface area contributed by atoms with Gasteiger partial charge >= 0.3 is 0 Å². The summed E-state index contributed by atoms with van der Waals surface area (Å²) in [7, 11) is 0. The lowest BCUT2D eigenvalue weighted by atomic mass is 10.0. The number of rotatable bonds is 3. The van der Waals surface area contributed by atoms with Crippen molar-refractivity contribution in [2.45, 2.75) is 31.3 Å². The Labute approximate surface area is 123 Å². The van der Waals surface area contributed by atoms with Crippen LogP contribution in [0.2, 0.25) is 0 Å². The molecule has 0 bridgehead atoms. The first-order valence-corrected chi connectivity index (χ1v) is 7.54. The highest BCUT2D eigenvalue weighted by Crippen LogP contribution is 2.29. The maximum atomic E-state index is 12.0. The topological polar surface area (TPSA) is 49.3 Å². The first kappa shape index (κ1) is 14.0. The Kier molecular flexibility index (Phi) is 4.45. The minimum absolute atomic E-state index is 0.163. The highest BCUT2D eigenvalue weighted by atomic mass is 79.9. The Morgan fingerprint density at radius 1 is 1.33 bits per heavy atom. The molecule has 18 heavy (non-hydrogen) atoms. The van der Waals surface area contributed by atoms with Crippen LogP contribution in [0.25, 0.3) is 0 Å². The van der Waals surface area contributed by atoms with Crippen molar-refractivity contribution in [2.75, 3.05) is 6.54 Å². The van der Waals surface area contributed by atoms with E-state index in [9.17, 15) is 9.90 Å². The molecule has 0 saturated heterocycles. The van der Waals surface area contributed by atoms with Gasteiger partial charge in [-0.25, -0.2) is 0 Å². The van der Waals surface area contributed by atoms with E-state index in [0.29, 0.717) is 12.1 Å². The van der Waals surface area contributed by atoms with Gasteiger partial charge in [0.05, 0.1) is 11.2 Å². The van der Waals surface area contributed by atoms with Gasteiger partial charge in [-0.3, -0.25) is 4.79 Å². The number of hydrogen-bond donors (Lipinski definition) is 2. The number of nitrogens with one attached hydrogen (secondary N) is 1. The second kappa shape index (κ2) is 5.72. The fraction of sp³-hybridized carbons (Fsp3) is 0.462. The molecule has 1 aromatic rings.